The van der Waals surface area contributed by atoms with E-state index in [1.807, 2.05) is 13.0 Å². The largest absolute Gasteiger partial charge is 0.466 e. The third-order valence-electron chi connectivity index (χ3n) is 2.51. The Morgan fingerprint density at radius 1 is 1.50 bits per heavy atom. The zero-order chi connectivity index (χ0) is 8.55. The summed E-state index contributed by atoms with van der Waals surface area (Å²) in [6.45, 7) is 5.28. The van der Waals surface area contributed by atoms with Gasteiger partial charge in [0.1, 0.15) is 11.5 Å². The molecular weight excluding hydrogens is 150 g/mol. The molecule has 2 heterocycles. The highest BCUT2D eigenvalue weighted by molar-refractivity contribution is 5.12. The highest BCUT2D eigenvalue weighted by Gasteiger charge is 2.24. The third kappa shape index (κ3) is 1.39. The summed E-state index contributed by atoms with van der Waals surface area (Å²) in [5.74, 6) is 2.75. The molecule has 0 bridgehead atoms. The van der Waals surface area contributed by atoms with Crippen LogP contribution in [0.25, 0.3) is 0 Å². The monoisotopic (exact) mass is 165 g/mol. The molecule has 0 radical (unpaired) electrons. The van der Waals surface area contributed by atoms with Gasteiger partial charge in [0.15, 0.2) is 0 Å². The van der Waals surface area contributed by atoms with Crippen molar-refractivity contribution in [1.29, 1.82) is 0 Å². The van der Waals surface area contributed by atoms with Gasteiger partial charge in [-0.25, -0.2) is 0 Å². The number of hydrogen-bond acceptors (Lipinski definition) is 2. The van der Waals surface area contributed by atoms with E-state index in [2.05, 4.69) is 18.3 Å². The van der Waals surface area contributed by atoms with E-state index in [9.17, 15) is 0 Å². The van der Waals surface area contributed by atoms with E-state index in [4.69, 9.17) is 4.42 Å². The van der Waals surface area contributed by atoms with E-state index in [1.165, 1.54) is 6.42 Å². The van der Waals surface area contributed by atoms with Crippen molar-refractivity contribution >= 4 is 0 Å². The van der Waals surface area contributed by atoms with Crippen LogP contribution in [0.2, 0.25) is 0 Å². The molecule has 1 aliphatic rings. The number of aryl methyl sites for hydroxylation is 1. The molecule has 1 aromatic heterocycles. The Balaban J connectivity index is 2.11. The Kier molecular flexibility index (Phi) is 1.93. The van der Waals surface area contributed by atoms with Crippen molar-refractivity contribution in [2.75, 3.05) is 6.54 Å². The van der Waals surface area contributed by atoms with Crippen LogP contribution in [0.3, 0.4) is 0 Å². The van der Waals surface area contributed by atoms with Gasteiger partial charge in [-0.3, -0.25) is 0 Å². The lowest BCUT2D eigenvalue weighted by molar-refractivity contribution is 0.450. The van der Waals surface area contributed by atoms with E-state index >= 15 is 0 Å². The smallest absolute Gasteiger partial charge is 0.108 e. The first-order valence-electron chi connectivity index (χ1n) is 4.55. The summed E-state index contributed by atoms with van der Waals surface area (Å²) in [6, 6.07) is 4.78. The average molecular weight is 165 g/mol. The lowest BCUT2D eigenvalue weighted by Crippen LogP contribution is -2.16. The van der Waals surface area contributed by atoms with Gasteiger partial charge in [-0.05, 0) is 32.4 Å². The Morgan fingerprint density at radius 2 is 2.33 bits per heavy atom. The molecule has 2 rings (SSSR count). The second-order valence-corrected chi connectivity index (χ2v) is 3.69. The van der Waals surface area contributed by atoms with Gasteiger partial charge in [0, 0.05) is 18.5 Å². The van der Waals surface area contributed by atoms with E-state index in [1.54, 1.807) is 0 Å². The van der Waals surface area contributed by atoms with E-state index in [0.29, 0.717) is 12.0 Å². The van der Waals surface area contributed by atoms with Gasteiger partial charge >= 0.3 is 0 Å². The first kappa shape index (κ1) is 7.87. The lowest BCUT2D eigenvalue weighted by atomic mass is 10.0. The van der Waals surface area contributed by atoms with Crippen molar-refractivity contribution in [3.63, 3.8) is 0 Å². The predicted molar refractivity (Wildman–Crippen MR) is 48.3 cm³/mol. The van der Waals surface area contributed by atoms with Crippen molar-refractivity contribution in [3.8, 4) is 0 Å². The van der Waals surface area contributed by atoms with Crippen LogP contribution in [0.1, 0.15) is 30.8 Å². The number of nitrogens with one attached hydrogen (secondary N) is 1. The van der Waals surface area contributed by atoms with Crippen LogP contribution in [-0.2, 0) is 0 Å². The summed E-state index contributed by atoms with van der Waals surface area (Å²) >= 11 is 0. The molecule has 0 aliphatic carbocycles. The Labute approximate surface area is 73.0 Å². The molecule has 1 fully saturated rings. The molecule has 1 saturated heterocycles. The van der Waals surface area contributed by atoms with Gasteiger partial charge in [0.25, 0.3) is 0 Å². The van der Waals surface area contributed by atoms with Crippen LogP contribution in [0.5, 0.6) is 0 Å². The van der Waals surface area contributed by atoms with Gasteiger partial charge in [0.2, 0.25) is 0 Å². The van der Waals surface area contributed by atoms with Crippen molar-refractivity contribution in [2.24, 2.45) is 0 Å². The molecular formula is C10H15NO. The maximum Gasteiger partial charge on any atom is 0.108 e. The molecule has 1 aliphatic heterocycles. The van der Waals surface area contributed by atoms with Crippen molar-refractivity contribution < 1.29 is 4.42 Å². The van der Waals surface area contributed by atoms with Gasteiger partial charge in [-0.15, -0.1) is 0 Å². The van der Waals surface area contributed by atoms with Crippen LogP contribution in [0, 0.1) is 6.92 Å². The summed E-state index contributed by atoms with van der Waals surface area (Å²) < 4.78 is 5.58. The Morgan fingerprint density at radius 3 is 2.83 bits per heavy atom. The molecule has 2 nitrogen and oxygen atoms in total. The predicted octanol–water partition coefficient (Wildman–Crippen LogP) is 2.05. The fraction of sp³-hybridized carbons (Fsp3) is 0.600. The van der Waals surface area contributed by atoms with E-state index < -0.39 is 0 Å². The van der Waals surface area contributed by atoms with Gasteiger partial charge in [-0.1, -0.05) is 0 Å². The van der Waals surface area contributed by atoms with Gasteiger partial charge in [0.05, 0.1) is 0 Å². The molecule has 1 N–H and O–H groups in total. The lowest BCUT2D eigenvalue weighted by Gasteiger charge is -2.02. The third-order valence-corrected chi connectivity index (χ3v) is 2.51. The Bertz CT molecular complexity index is 267. The maximum absolute atomic E-state index is 5.58. The van der Waals surface area contributed by atoms with Crippen LogP contribution >= 0.6 is 0 Å². The number of hydrogen-bond donors (Lipinski definition) is 1. The average Bonchev–Trinajstić information content (AvgIpc) is 2.58. The molecule has 0 spiro atoms. The molecule has 1 aromatic rings. The molecule has 12 heavy (non-hydrogen) atoms. The normalized spacial score (nSPS) is 29.5. The minimum absolute atomic E-state index is 0.591. The highest BCUT2D eigenvalue weighted by atomic mass is 16.3. The Hall–Kier alpha value is -0.760. The molecule has 0 saturated carbocycles. The van der Waals surface area contributed by atoms with Crippen molar-refractivity contribution in [2.45, 2.75) is 32.2 Å². The summed E-state index contributed by atoms with van der Waals surface area (Å²) in [5, 5.41) is 3.42. The summed E-state index contributed by atoms with van der Waals surface area (Å²) in [4.78, 5) is 0. The van der Waals surface area contributed by atoms with E-state index in [0.717, 1.165) is 18.1 Å². The second kappa shape index (κ2) is 2.94. The van der Waals surface area contributed by atoms with Crippen LogP contribution < -0.4 is 5.32 Å². The standard InChI is InChI=1S/C10H15NO/c1-7-5-9(6-11-7)10-4-3-8(2)12-10/h3-4,7,9,11H,5-6H2,1-2H3. The van der Waals surface area contributed by atoms with Crippen LogP contribution in [0.4, 0.5) is 0 Å². The quantitative estimate of drug-likeness (QED) is 0.689. The summed E-state index contributed by atoms with van der Waals surface area (Å²) in [7, 11) is 0. The topological polar surface area (TPSA) is 25.2 Å². The fourth-order valence-electron chi connectivity index (χ4n) is 1.83. The zero-order valence-electron chi connectivity index (χ0n) is 7.63. The maximum atomic E-state index is 5.58. The summed E-state index contributed by atoms with van der Waals surface area (Å²) in [5.41, 5.74) is 0. The van der Waals surface area contributed by atoms with Gasteiger partial charge < -0.3 is 9.73 Å². The first-order chi connectivity index (χ1) is 5.75. The minimum Gasteiger partial charge on any atom is -0.466 e. The molecule has 0 amide bonds. The molecule has 2 heteroatoms. The van der Waals surface area contributed by atoms with Crippen molar-refractivity contribution in [1.82, 2.24) is 5.32 Å². The number of rotatable bonds is 1. The first-order valence-corrected chi connectivity index (χ1v) is 4.55. The molecule has 66 valence electrons. The summed E-state index contributed by atoms with van der Waals surface area (Å²) in [6.07, 6.45) is 1.20. The van der Waals surface area contributed by atoms with Gasteiger partial charge in [-0.2, -0.15) is 0 Å². The highest BCUT2D eigenvalue weighted by Crippen LogP contribution is 2.26. The number of furan rings is 1. The van der Waals surface area contributed by atoms with E-state index in [-0.39, 0.29) is 0 Å². The SMILES string of the molecule is Cc1ccc(C2CNC(C)C2)o1. The fourth-order valence-corrected chi connectivity index (χ4v) is 1.83. The zero-order valence-corrected chi connectivity index (χ0v) is 7.63. The van der Waals surface area contributed by atoms with Crippen LogP contribution in [-0.4, -0.2) is 12.6 Å². The molecule has 2 unspecified atom stereocenters. The van der Waals surface area contributed by atoms with Crippen LogP contribution in [0.15, 0.2) is 16.5 Å². The molecule has 2 atom stereocenters. The van der Waals surface area contributed by atoms with Crippen molar-refractivity contribution in [3.05, 3.63) is 23.7 Å². The second-order valence-electron chi connectivity index (χ2n) is 3.69. The minimum atomic E-state index is 0.591. The molecule has 0 aromatic carbocycles.